The van der Waals surface area contributed by atoms with Crippen LogP contribution in [0.4, 0.5) is 11.4 Å². The zero-order valence-corrected chi connectivity index (χ0v) is 22.1. The molecule has 3 N–H and O–H groups in total. The summed E-state index contributed by atoms with van der Waals surface area (Å²) in [6, 6.07) is 18.5. The number of nitrogens with zero attached hydrogens (tertiary/aromatic N) is 1. The topological polar surface area (TPSA) is 107 Å². The van der Waals surface area contributed by atoms with Crippen molar-refractivity contribution in [3.8, 4) is 6.07 Å². The summed E-state index contributed by atoms with van der Waals surface area (Å²) >= 11 is 7.34. The number of halogens is 1. The average molecular weight is 533 g/mol. The number of anilines is 2. The molecule has 1 aliphatic rings. The molecule has 4 rings (SSSR count). The van der Waals surface area contributed by atoms with Gasteiger partial charge in [-0.1, -0.05) is 47.6 Å². The van der Waals surface area contributed by atoms with E-state index < -0.39 is 5.92 Å². The van der Waals surface area contributed by atoms with E-state index in [2.05, 4.69) is 22.0 Å². The van der Waals surface area contributed by atoms with Crippen molar-refractivity contribution >= 4 is 46.6 Å². The van der Waals surface area contributed by atoms with Gasteiger partial charge in [0.15, 0.2) is 0 Å². The molecule has 2 aromatic carbocycles. The minimum absolute atomic E-state index is 0.0440. The second kappa shape index (κ2) is 11.4. The van der Waals surface area contributed by atoms with Crippen LogP contribution in [0.1, 0.15) is 29.7 Å². The number of carbonyl (C=O) groups excluding carboxylic acids is 2. The maximum absolute atomic E-state index is 13.5. The van der Waals surface area contributed by atoms with Gasteiger partial charge in [0.2, 0.25) is 5.91 Å². The lowest BCUT2D eigenvalue weighted by Crippen LogP contribution is -2.31. The van der Waals surface area contributed by atoms with Crippen LogP contribution in [-0.2, 0) is 9.59 Å². The molecule has 0 saturated carbocycles. The summed E-state index contributed by atoms with van der Waals surface area (Å²) < 4.78 is 5.66. The van der Waals surface area contributed by atoms with Crippen LogP contribution < -0.4 is 16.0 Å². The van der Waals surface area contributed by atoms with Crippen LogP contribution in [-0.4, -0.2) is 17.6 Å². The van der Waals surface area contributed by atoms with Gasteiger partial charge in [0.05, 0.1) is 40.2 Å². The fraction of sp³-hybridized carbons (Fsp3) is 0.179. The van der Waals surface area contributed by atoms with E-state index in [1.807, 2.05) is 38.1 Å². The number of carbonyl (C=O) groups is 2. The highest BCUT2D eigenvalue weighted by atomic mass is 35.5. The molecule has 1 aliphatic heterocycles. The van der Waals surface area contributed by atoms with Crippen molar-refractivity contribution in [2.75, 3.05) is 16.4 Å². The zero-order chi connectivity index (χ0) is 26.5. The molecule has 0 radical (unpaired) electrons. The first-order valence-electron chi connectivity index (χ1n) is 11.5. The molecule has 0 unspecified atom stereocenters. The fourth-order valence-electron chi connectivity index (χ4n) is 4.04. The van der Waals surface area contributed by atoms with Crippen LogP contribution in [0, 0.1) is 25.2 Å². The molecule has 37 heavy (non-hydrogen) atoms. The summed E-state index contributed by atoms with van der Waals surface area (Å²) in [6.07, 6.45) is 1.51. The van der Waals surface area contributed by atoms with Gasteiger partial charge in [0, 0.05) is 22.1 Å². The van der Waals surface area contributed by atoms with E-state index >= 15 is 0 Å². The van der Waals surface area contributed by atoms with Crippen LogP contribution in [0.15, 0.2) is 87.1 Å². The van der Waals surface area contributed by atoms with E-state index in [-0.39, 0.29) is 17.6 Å². The van der Waals surface area contributed by atoms with Gasteiger partial charge in [0.1, 0.15) is 5.76 Å². The number of allylic oxidation sites excluding steroid dienone is 2. The second-order valence-corrected chi connectivity index (χ2v) is 9.88. The van der Waals surface area contributed by atoms with Gasteiger partial charge in [-0.3, -0.25) is 9.59 Å². The second-order valence-electron chi connectivity index (χ2n) is 8.49. The Kier molecular flexibility index (Phi) is 8.07. The van der Waals surface area contributed by atoms with Crippen LogP contribution in [0.3, 0.4) is 0 Å². The number of thioether (sulfide) groups is 1. The predicted octanol–water partition coefficient (Wildman–Crippen LogP) is 6.26. The van der Waals surface area contributed by atoms with Crippen molar-refractivity contribution in [3.63, 3.8) is 0 Å². The lowest BCUT2D eigenvalue weighted by Gasteiger charge is -2.28. The normalized spacial score (nSPS) is 15.2. The molecule has 1 atom stereocenters. The van der Waals surface area contributed by atoms with Gasteiger partial charge < -0.3 is 20.4 Å². The van der Waals surface area contributed by atoms with Crippen molar-refractivity contribution in [1.82, 2.24) is 5.32 Å². The van der Waals surface area contributed by atoms with E-state index in [4.69, 9.17) is 16.0 Å². The maximum atomic E-state index is 13.5. The molecule has 9 heteroatoms. The van der Waals surface area contributed by atoms with Crippen molar-refractivity contribution < 1.29 is 14.0 Å². The first kappa shape index (κ1) is 26.1. The molecule has 2 amide bonds. The Morgan fingerprint density at radius 2 is 1.81 bits per heavy atom. The fourth-order valence-corrected chi connectivity index (χ4v) is 5.10. The average Bonchev–Trinajstić information content (AvgIpc) is 3.41. The minimum Gasteiger partial charge on any atom is -0.468 e. The van der Waals surface area contributed by atoms with E-state index in [0.29, 0.717) is 44.0 Å². The third-order valence-corrected chi connectivity index (χ3v) is 7.43. The number of benzene rings is 2. The maximum Gasteiger partial charge on any atom is 0.254 e. The number of para-hydroxylation sites is 1. The van der Waals surface area contributed by atoms with E-state index in [9.17, 15) is 14.9 Å². The largest absolute Gasteiger partial charge is 0.468 e. The summed E-state index contributed by atoms with van der Waals surface area (Å²) in [4.78, 5) is 26.2. The van der Waals surface area contributed by atoms with Crippen molar-refractivity contribution in [2.45, 2.75) is 26.7 Å². The Hall–Kier alpha value is -3.93. The van der Waals surface area contributed by atoms with Crippen LogP contribution >= 0.6 is 23.4 Å². The lowest BCUT2D eigenvalue weighted by molar-refractivity contribution is -0.114. The molecular weight excluding hydrogens is 508 g/mol. The highest BCUT2D eigenvalue weighted by molar-refractivity contribution is 8.03. The molecule has 1 aromatic heterocycles. The molecule has 7 nitrogen and oxygen atoms in total. The number of furan rings is 1. The Balaban J connectivity index is 1.59. The smallest absolute Gasteiger partial charge is 0.254 e. The van der Waals surface area contributed by atoms with Gasteiger partial charge in [0.25, 0.3) is 5.91 Å². The van der Waals surface area contributed by atoms with Gasteiger partial charge in [-0.25, -0.2) is 0 Å². The number of nitrogens with one attached hydrogen (secondary N) is 3. The highest BCUT2D eigenvalue weighted by Crippen LogP contribution is 2.41. The molecule has 0 saturated heterocycles. The van der Waals surface area contributed by atoms with Crippen molar-refractivity contribution in [2.24, 2.45) is 0 Å². The molecule has 2 heterocycles. The zero-order valence-electron chi connectivity index (χ0n) is 20.5. The Morgan fingerprint density at radius 3 is 2.51 bits per heavy atom. The number of hydrogen-bond acceptors (Lipinski definition) is 6. The van der Waals surface area contributed by atoms with Gasteiger partial charge in [-0.05, 0) is 62.2 Å². The summed E-state index contributed by atoms with van der Waals surface area (Å²) in [5, 5.41) is 20.2. The van der Waals surface area contributed by atoms with E-state index in [1.54, 1.807) is 37.3 Å². The number of aryl methyl sites for hydroxylation is 1. The standard InChI is InChI=1S/C28H25ClN4O3S/c1-16-8-4-5-10-21(16)33-27(35)25-18(3)31-28(19(14-30)26(25)23-12-7-13-36-23)37-15-24(34)32-22-11-6-9-20(29)17(22)2/h4-13,26,31H,15H2,1-3H3,(H,32,34)(H,33,35)/t26-/m1/s1. The summed E-state index contributed by atoms with van der Waals surface area (Å²) in [5.41, 5.74) is 4.24. The number of rotatable bonds is 7. The first-order chi connectivity index (χ1) is 17.8. The molecule has 0 bridgehead atoms. The molecular formula is C28H25ClN4O3S. The van der Waals surface area contributed by atoms with Gasteiger partial charge in [-0.2, -0.15) is 5.26 Å². The van der Waals surface area contributed by atoms with Crippen LogP contribution in [0.25, 0.3) is 0 Å². The summed E-state index contributed by atoms with van der Waals surface area (Å²) in [6.45, 7) is 5.51. The minimum atomic E-state index is -0.731. The quantitative estimate of drug-likeness (QED) is 0.331. The highest BCUT2D eigenvalue weighted by Gasteiger charge is 2.36. The van der Waals surface area contributed by atoms with Crippen molar-refractivity contribution in [1.29, 1.82) is 5.26 Å². The Morgan fingerprint density at radius 1 is 1.05 bits per heavy atom. The number of hydrogen-bond donors (Lipinski definition) is 3. The predicted molar refractivity (Wildman–Crippen MR) is 147 cm³/mol. The first-order valence-corrected chi connectivity index (χ1v) is 12.9. The molecule has 0 aliphatic carbocycles. The van der Waals surface area contributed by atoms with Crippen LogP contribution in [0.5, 0.6) is 0 Å². The Bertz CT molecular complexity index is 1450. The van der Waals surface area contributed by atoms with Gasteiger partial charge in [-0.15, -0.1) is 0 Å². The third-order valence-electron chi connectivity index (χ3n) is 6.00. The van der Waals surface area contributed by atoms with E-state index in [0.717, 1.165) is 11.1 Å². The molecule has 0 spiro atoms. The number of dihydropyridines is 1. The summed E-state index contributed by atoms with van der Waals surface area (Å²) in [7, 11) is 0. The van der Waals surface area contributed by atoms with E-state index in [1.165, 1.54) is 18.0 Å². The summed E-state index contributed by atoms with van der Waals surface area (Å²) in [5.74, 6) is -0.814. The SMILES string of the molecule is CC1=C(C(=O)Nc2ccccc2C)[C@@H](c2ccco2)C(C#N)=C(SCC(=O)Nc2cccc(Cl)c2C)N1. The number of nitriles is 1. The van der Waals surface area contributed by atoms with Crippen LogP contribution in [0.2, 0.25) is 5.02 Å². The number of amides is 2. The lowest BCUT2D eigenvalue weighted by atomic mass is 9.85. The molecule has 188 valence electrons. The third kappa shape index (κ3) is 5.74. The monoisotopic (exact) mass is 532 g/mol. The molecule has 3 aromatic rings. The molecule has 0 fully saturated rings. The van der Waals surface area contributed by atoms with Gasteiger partial charge >= 0.3 is 0 Å². The Labute approximate surface area is 224 Å². The van der Waals surface area contributed by atoms with Crippen molar-refractivity contribution in [3.05, 3.63) is 105 Å².